The molecule has 3 aromatic carbocycles. The Morgan fingerprint density at radius 2 is 1.62 bits per heavy atom. The first-order chi connectivity index (χ1) is 18.9. The predicted octanol–water partition coefficient (Wildman–Crippen LogP) is 6.02. The van der Waals surface area contributed by atoms with Gasteiger partial charge in [-0.05, 0) is 79.7 Å². The van der Waals surface area contributed by atoms with Crippen molar-refractivity contribution in [2.45, 2.75) is 32.2 Å². The molecule has 9 heteroatoms. The molecule has 3 aromatic rings. The van der Waals surface area contributed by atoms with Crippen molar-refractivity contribution in [2.24, 2.45) is 0 Å². The summed E-state index contributed by atoms with van der Waals surface area (Å²) >= 11 is 0. The largest absolute Gasteiger partial charge is 0.454 e. The van der Waals surface area contributed by atoms with Gasteiger partial charge in [-0.15, -0.1) is 0 Å². The number of rotatable bonds is 6. The third-order valence-corrected chi connectivity index (χ3v) is 7.49. The van der Waals surface area contributed by atoms with Crippen LogP contribution in [0.4, 0.5) is 23.7 Å². The topological polar surface area (TPSA) is 56.8 Å². The summed E-state index contributed by atoms with van der Waals surface area (Å²) in [6.45, 7) is 7.85. The molecule has 2 fully saturated rings. The lowest BCUT2D eigenvalue weighted by Gasteiger charge is -2.33. The van der Waals surface area contributed by atoms with Crippen LogP contribution in [0, 0.1) is 24.4 Å². The Hall–Kier alpha value is -3.56. The second-order valence-corrected chi connectivity index (χ2v) is 10.2. The van der Waals surface area contributed by atoms with Crippen molar-refractivity contribution in [1.29, 1.82) is 0 Å². The SMILES string of the molecule is Cc1ccc(NC(=O)N2CCNCC2)cc1C1CCN(Cc2ccc(Oc3cc(F)c(F)cc3F)cc2)CC1. The molecule has 2 N–H and O–H groups in total. The van der Waals surface area contributed by atoms with Gasteiger partial charge in [-0.25, -0.2) is 18.0 Å². The van der Waals surface area contributed by atoms with E-state index in [2.05, 4.69) is 34.6 Å². The van der Waals surface area contributed by atoms with Gasteiger partial charge in [0.05, 0.1) is 0 Å². The molecule has 0 radical (unpaired) electrons. The van der Waals surface area contributed by atoms with Gasteiger partial charge >= 0.3 is 6.03 Å². The maximum Gasteiger partial charge on any atom is 0.321 e. The van der Waals surface area contributed by atoms with E-state index in [-0.39, 0.29) is 11.8 Å². The lowest BCUT2D eigenvalue weighted by molar-refractivity contribution is 0.203. The van der Waals surface area contributed by atoms with E-state index in [4.69, 9.17) is 4.74 Å². The molecule has 206 valence electrons. The van der Waals surface area contributed by atoms with Gasteiger partial charge < -0.3 is 20.3 Å². The van der Waals surface area contributed by atoms with Crippen LogP contribution < -0.4 is 15.4 Å². The number of hydrogen-bond acceptors (Lipinski definition) is 4. The number of piperidine rings is 1. The molecule has 6 nitrogen and oxygen atoms in total. The van der Waals surface area contributed by atoms with Crippen LogP contribution in [-0.2, 0) is 6.54 Å². The number of carbonyl (C=O) groups excluding carboxylic acids is 1. The first-order valence-electron chi connectivity index (χ1n) is 13.4. The highest BCUT2D eigenvalue weighted by Gasteiger charge is 2.23. The van der Waals surface area contributed by atoms with Crippen LogP contribution in [0.2, 0.25) is 0 Å². The normalized spacial score (nSPS) is 16.8. The molecule has 39 heavy (non-hydrogen) atoms. The molecule has 2 amide bonds. The number of nitrogens with one attached hydrogen (secondary N) is 2. The van der Waals surface area contributed by atoms with Gasteiger partial charge in [0.25, 0.3) is 0 Å². The number of urea groups is 1. The second kappa shape index (κ2) is 12.1. The van der Waals surface area contributed by atoms with Crippen molar-refractivity contribution in [3.8, 4) is 11.5 Å². The Labute approximate surface area is 226 Å². The maximum absolute atomic E-state index is 13.9. The number of aryl methyl sites for hydroxylation is 1. The summed E-state index contributed by atoms with van der Waals surface area (Å²) in [6.07, 6.45) is 2.04. The number of piperazine rings is 1. The minimum Gasteiger partial charge on any atom is -0.454 e. The van der Waals surface area contributed by atoms with Crippen molar-refractivity contribution < 1.29 is 22.7 Å². The quantitative estimate of drug-likeness (QED) is 0.377. The van der Waals surface area contributed by atoms with E-state index in [1.807, 2.05) is 23.1 Å². The number of nitrogens with zero attached hydrogens (tertiary/aromatic N) is 2. The summed E-state index contributed by atoms with van der Waals surface area (Å²) in [5.74, 6) is -2.94. The molecule has 2 aliphatic heterocycles. The van der Waals surface area contributed by atoms with Crippen LogP contribution in [0.15, 0.2) is 54.6 Å². The molecule has 0 bridgehead atoms. The van der Waals surface area contributed by atoms with Crippen molar-refractivity contribution in [1.82, 2.24) is 15.1 Å². The van der Waals surface area contributed by atoms with Gasteiger partial charge in [0.1, 0.15) is 5.75 Å². The van der Waals surface area contributed by atoms with Gasteiger partial charge in [0, 0.05) is 50.5 Å². The van der Waals surface area contributed by atoms with E-state index < -0.39 is 17.5 Å². The Balaban J connectivity index is 1.14. The smallest absolute Gasteiger partial charge is 0.321 e. The predicted molar refractivity (Wildman–Crippen MR) is 145 cm³/mol. The summed E-state index contributed by atoms with van der Waals surface area (Å²) < 4.78 is 45.9. The number of amides is 2. The summed E-state index contributed by atoms with van der Waals surface area (Å²) in [7, 11) is 0. The fraction of sp³-hybridized carbons (Fsp3) is 0.367. The lowest BCUT2D eigenvalue weighted by atomic mass is 9.86. The summed E-state index contributed by atoms with van der Waals surface area (Å²) in [5, 5.41) is 6.33. The van der Waals surface area contributed by atoms with Gasteiger partial charge in [0.15, 0.2) is 23.2 Å². The maximum atomic E-state index is 13.9. The Morgan fingerprint density at radius 1 is 0.923 bits per heavy atom. The highest BCUT2D eigenvalue weighted by Crippen LogP contribution is 2.33. The van der Waals surface area contributed by atoms with Crippen LogP contribution in [0.1, 0.15) is 35.4 Å². The number of halogens is 3. The zero-order valence-corrected chi connectivity index (χ0v) is 22.0. The van der Waals surface area contributed by atoms with Crippen LogP contribution in [0.25, 0.3) is 0 Å². The monoisotopic (exact) mass is 538 g/mol. The molecule has 2 saturated heterocycles. The molecule has 5 rings (SSSR count). The number of ether oxygens (including phenoxy) is 1. The van der Waals surface area contributed by atoms with Gasteiger partial charge in [0.2, 0.25) is 0 Å². The van der Waals surface area contributed by atoms with E-state index in [1.54, 1.807) is 12.1 Å². The highest BCUT2D eigenvalue weighted by atomic mass is 19.2. The third-order valence-electron chi connectivity index (χ3n) is 7.49. The van der Waals surface area contributed by atoms with Crippen molar-refractivity contribution in [2.75, 3.05) is 44.6 Å². The second-order valence-electron chi connectivity index (χ2n) is 10.2. The molecule has 2 heterocycles. The van der Waals surface area contributed by atoms with Gasteiger partial charge in [-0.3, -0.25) is 4.90 Å². The first kappa shape index (κ1) is 27.0. The summed E-state index contributed by atoms with van der Waals surface area (Å²) in [6, 6.07) is 14.5. The standard InChI is InChI=1S/C30H33F3N4O2/c1-20-2-5-23(35-30(38)37-14-10-34-11-15-37)16-25(20)22-8-12-36(13-9-22)19-21-3-6-24(7-4-21)39-29-18-27(32)26(31)17-28(29)33/h2-7,16-18,22,34H,8-15,19H2,1H3,(H,35,38). The molecular formula is C30H33F3N4O2. The molecule has 0 atom stereocenters. The Morgan fingerprint density at radius 3 is 2.33 bits per heavy atom. The van der Waals surface area contributed by atoms with E-state index in [0.717, 1.165) is 56.8 Å². The molecule has 0 aliphatic carbocycles. The molecule has 0 unspecified atom stereocenters. The molecule has 0 saturated carbocycles. The minimum atomic E-state index is -1.25. The molecule has 0 aromatic heterocycles. The van der Waals surface area contributed by atoms with Gasteiger partial charge in [-0.1, -0.05) is 18.2 Å². The minimum absolute atomic E-state index is 0.0486. The van der Waals surface area contributed by atoms with Crippen LogP contribution in [0.5, 0.6) is 11.5 Å². The average Bonchev–Trinajstić information content (AvgIpc) is 2.95. The van der Waals surface area contributed by atoms with Crippen molar-refractivity contribution in [3.63, 3.8) is 0 Å². The average molecular weight is 539 g/mol. The van der Waals surface area contributed by atoms with E-state index in [0.29, 0.717) is 36.9 Å². The van der Waals surface area contributed by atoms with E-state index in [9.17, 15) is 18.0 Å². The molecular weight excluding hydrogens is 505 g/mol. The van der Waals surface area contributed by atoms with Gasteiger partial charge in [-0.2, -0.15) is 0 Å². The first-order valence-corrected chi connectivity index (χ1v) is 13.4. The van der Waals surface area contributed by atoms with E-state index in [1.165, 1.54) is 11.1 Å². The van der Waals surface area contributed by atoms with Crippen molar-refractivity contribution >= 4 is 11.7 Å². The molecule has 2 aliphatic rings. The third kappa shape index (κ3) is 6.72. The number of hydrogen-bond donors (Lipinski definition) is 2. The lowest BCUT2D eigenvalue weighted by Crippen LogP contribution is -2.48. The number of carbonyl (C=O) groups is 1. The van der Waals surface area contributed by atoms with Crippen LogP contribution in [0.3, 0.4) is 0 Å². The highest BCUT2D eigenvalue weighted by molar-refractivity contribution is 5.89. The zero-order chi connectivity index (χ0) is 27.4. The summed E-state index contributed by atoms with van der Waals surface area (Å²) in [5.41, 5.74) is 4.45. The number of likely N-dealkylation sites (tertiary alicyclic amines) is 1. The zero-order valence-electron chi connectivity index (χ0n) is 22.0. The van der Waals surface area contributed by atoms with Crippen LogP contribution >= 0.6 is 0 Å². The molecule has 0 spiro atoms. The fourth-order valence-electron chi connectivity index (χ4n) is 5.26. The Kier molecular flexibility index (Phi) is 8.38. The van der Waals surface area contributed by atoms with Crippen molar-refractivity contribution in [3.05, 3.63) is 88.7 Å². The Bertz CT molecular complexity index is 1300. The fourth-order valence-corrected chi connectivity index (χ4v) is 5.26. The summed E-state index contributed by atoms with van der Waals surface area (Å²) in [4.78, 5) is 16.9. The number of anilines is 1. The van der Waals surface area contributed by atoms with Crippen LogP contribution in [-0.4, -0.2) is 55.1 Å². The number of benzene rings is 3. The van der Waals surface area contributed by atoms with E-state index >= 15 is 0 Å².